The van der Waals surface area contributed by atoms with E-state index in [2.05, 4.69) is 4.98 Å². The standard InChI is InChI=1S/C13H10N2O2S/c1-17-11-10(9-5-3-2-4-6-9)12(16)15-7-8-18-13(15)14-11/h2-8H,1H3. The third kappa shape index (κ3) is 1.60. The van der Waals surface area contributed by atoms with Crippen molar-refractivity contribution < 1.29 is 4.74 Å². The van der Waals surface area contributed by atoms with Gasteiger partial charge in [-0.1, -0.05) is 30.3 Å². The van der Waals surface area contributed by atoms with Gasteiger partial charge in [0.2, 0.25) is 5.88 Å². The molecule has 0 bridgehead atoms. The highest BCUT2D eigenvalue weighted by atomic mass is 32.1. The average Bonchev–Trinajstić information content (AvgIpc) is 2.88. The number of fused-ring (bicyclic) bond motifs is 1. The molecule has 0 fully saturated rings. The van der Waals surface area contributed by atoms with Gasteiger partial charge in [0.05, 0.1) is 7.11 Å². The van der Waals surface area contributed by atoms with Gasteiger partial charge in [0.15, 0.2) is 4.96 Å². The molecule has 3 aromatic rings. The molecule has 3 rings (SSSR count). The number of methoxy groups -OCH3 is 1. The molecule has 0 radical (unpaired) electrons. The van der Waals surface area contributed by atoms with E-state index in [1.54, 1.807) is 6.20 Å². The number of hydrogen-bond donors (Lipinski definition) is 0. The molecule has 0 saturated heterocycles. The summed E-state index contributed by atoms with van der Waals surface area (Å²) in [6.07, 6.45) is 1.72. The Morgan fingerprint density at radius 2 is 2.06 bits per heavy atom. The lowest BCUT2D eigenvalue weighted by Crippen LogP contribution is -2.16. The summed E-state index contributed by atoms with van der Waals surface area (Å²) >= 11 is 1.41. The Balaban J connectivity index is 2.40. The number of hydrogen-bond acceptors (Lipinski definition) is 4. The van der Waals surface area contributed by atoms with Crippen LogP contribution < -0.4 is 10.3 Å². The first-order chi connectivity index (χ1) is 8.81. The Hall–Kier alpha value is -2.14. The number of ether oxygens (including phenoxy) is 1. The lowest BCUT2D eigenvalue weighted by atomic mass is 10.1. The van der Waals surface area contributed by atoms with Gasteiger partial charge in [0.25, 0.3) is 5.56 Å². The zero-order valence-corrected chi connectivity index (χ0v) is 10.5. The number of rotatable bonds is 2. The van der Waals surface area contributed by atoms with Crippen LogP contribution in [0.1, 0.15) is 0 Å². The molecule has 18 heavy (non-hydrogen) atoms. The second-order valence-corrected chi connectivity index (χ2v) is 4.60. The van der Waals surface area contributed by atoms with E-state index in [9.17, 15) is 4.79 Å². The first-order valence-corrected chi connectivity index (χ1v) is 6.28. The fourth-order valence-corrected chi connectivity index (χ4v) is 2.56. The molecule has 4 nitrogen and oxygen atoms in total. The molecule has 5 heteroatoms. The molecule has 1 aromatic carbocycles. The first kappa shape index (κ1) is 11.0. The van der Waals surface area contributed by atoms with Crippen molar-refractivity contribution in [3.05, 3.63) is 52.3 Å². The van der Waals surface area contributed by atoms with Gasteiger partial charge in [-0.3, -0.25) is 9.20 Å². The Kier molecular flexibility index (Phi) is 2.60. The van der Waals surface area contributed by atoms with E-state index in [-0.39, 0.29) is 5.56 Å². The molecule has 90 valence electrons. The number of nitrogens with zero attached hydrogens (tertiary/aromatic N) is 2. The topological polar surface area (TPSA) is 43.6 Å². The summed E-state index contributed by atoms with van der Waals surface area (Å²) in [7, 11) is 1.53. The molecule has 0 atom stereocenters. The summed E-state index contributed by atoms with van der Waals surface area (Å²) < 4.78 is 6.78. The van der Waals surface area contributed by atoms with Crippen LogP contribution in [0.4, 0.5) is 0 Å². The summed E-state index contributed by atoms with van der Waals surface area (Å²) in [5.74, 6) is 0.369. The van der Waals surface area contributed by atoms with Gasteiger partial charge in [-0.2, -0.15) is 4.98 Å². The maximum atomic E-state index is 12.4. The monoisotopic (exact) mass is 258 g/mol. The molecule has 2 heterocycles. The van der Waals surface area contributed by atoms with Crippen molar-refractivity contribution in [2.45, 2.75) is 0 Å². The van der Waals surface area contributed by atoms with Crippen molar-refractivity contribution >= 4 is 16.3 Å². The predicted molar refractivity (Wildman–Crippen MR) is 71.3 cm³/mol. The van der Waals surface area contributed by atoms with Crippen LogP contribution in [0.3, 0.4) is 0 Å². The van der Waals surface area contributed by atoms with Crippen LogP contribution in [0, 0.1) is 0 Å². The van der Waals surface area contributed by atoms with Crippen LogP contribution in [0.5, 0.6) is 5.88 Å². The van der Waals surface area contributed by atoms with Crippen LogP contribution in [0.15, 0.2) is 46.7 Å². The van der Waals surface area contributed by atoms with E-state index in [1.165, 1.54) is 22.8 Å². The smallest absolute Gasteiger partial charge is 0.270 e. The number of thiazole rings is 1. The largest absolute Gasteiger partial charge is 0.480 e. The van der Waals surface area contributed by atoms with Crippen LogP contribution in [0.2, 0.25) is 0 Å². The minimum Gasteiger partial charge on any atom is -0.480 e. The zero-order chi connectivity index (χ0) is 12.5. The second kappa shape index (κ2) is 4.27. The third-order valence-corrected chi connectivity index (χ3v) is 3.45. The highest BCUT2D eigenvalue weighted by Crippen LogP contribution is 2.25. The lowest BCUT2D eigenvalue weighted by molar-refractivity contribution is 0.400. The van der Waals surface area contributed by atoms with E-state index in [4.69, 9.17) is 4.74 Å². The van der Waals surface area contributed by atoms with E-state index in [0.717, 1.165) is 5.56 Å². The van der Waals surface area contributed by atoms with Gasteiger partial charge in [-0.25, -0.2) is 0 Å². The van der Waals surface area contributed by atoms with Gasteiger partial charge >= 0.3 is 0 Å². The third-order valence-electron chi connectivity index (χ3n) is 2.69. The van der Waals surface area contributed by atoms with Crippen molar-refractivity contribution in [2.24, 2.45) is 0 Å². The Morgan fingerprint density at radius 1 is 1.28 bits per heavy atom. The van der Waals surface area contributed by atoms with Crippen molar-refractivity contribution in [3.63, 3.8) is 0 Å². The zero-order valence-electron chi connectivity index (χ0n) is 9.66. The highest BCUT2D eigenvalue weighted by molar-refractivity contribution is 7.15. The molecule has 0 aliphatic rings. The number of aromatic nitrogens is 2. The van der Waals surface area contributed by atoms with Crippen molar-refractivity contribution in [1.82, 2.24) is 9.38 Å². The fourth-order valence-electron chi connectivity index (χ4n) is 1.86. The molecule has 0 spiro atoms. The molecule has 0 aliphatic carbocycles. The minimum atomic E-state index is -0.107. The van der Waals surface area contributed by atoms with Crippen LogP contribution in [-0.2, 0) is 0 Å². The van der Waals surface area contributed by atoms with E-state index in [1.807, 2.05) is 35.7 Å². The molecular weight excluding hydrogens is 248 g/mol. The molecule has 0 amide bonds. The molecule has 0 saturated carbocycles. The Labute approximate surface area is 107 Å². The molecule has 2 aromatic heterocycles. The molecular formula is C13H10N2O2S. The van der Waals surface area contributed by atoms with Crippen molar-refractivity contribution in [2.75, 3.05) is 7.11 Å². The van der Waals surface area contributed by atoms with Crippen molar-refractivity contribution in [1.29, 1.82) is 0 Å². The number of benzene rings is 1. The summed E-state index contributed by atoms with van der Waals surface area (Å²) in [4.78, 5) is 17.4. The fraction of sp³-hybridized carbons (Fsp3) is 0.0769. The van der Waals surface area contributed by atoms with Gasteiger partial charge < -0.3 is 4.74 Å². The van der Waals surface area contributed by atoms with E-state index >= 15 is 0 Å². The maximum Gasteiger partial charge on any atom is 0.270 e. The van der Waals surface area contributed by atoms with Crippen LogP contribution in [0.25, 0.3) is 16.1 Å². The normalized spacial score (nSPS) is 10.7. The van der Waals surface area contributed by atoms with Gasteiger partial charge in [-0.15, -0.1) is 11.3 Å². The van der Waals surface area contributed by atoms with E-state index in [0.29, 0.717) is 16.4 Å². The molecule has 0 aliphatic heterocycles. The van der Waals surface area contributed by atoms with Gasteiger partial charge in [0.1, 0.15) is 5.56 Å². The lowest BCUT2D eigenvalue weighted by Gasteiger charge is -2.07. The maximum absolute atomic E-state index is 12.4. The first-order valence-electron chi connectivity index (χ1n) is 5.40. The Bertz CT molecular complexity index is 747. The minimum absolute atomic E-state index is 0.107. The Morgan fingerprint density at radius 3 is 2.78 bits per heavy atom. The summed E-state index contributed by atoms with van der Waals surface area (Å²) in [6.45, 7) is 0. The second-order valence-electron chi connectivity index (χ2n) is 3.72. The molecule has 0 unspecified atom stereocenters. The quantitative estimate of drug-likeness (QED) is 0.709. The molecule has 0 N–H and O–H groups in total. The SMILES string of the molecule is COc1nc2sccn2c(=O)c1-c1ccccc1. The van der Waals surface area contributed by atoms with Crippen LogP contribution >= 0.6 is 11.3 Å². The van der Waals surface area contributed by atoms with Gasteiger partial charge in [-0.05, 0) is 5.56 Å². The predicted octanol–water partition coefficient (Wildman–Crippen LogP) is 2.43. The summed E-state index contributed by atoms with van der Waals surface area (Å²) in [6, 6.07) is 9.43. The summed E-state index contributed by atoms with van der Waals surface area (Å²) in [5, 5.41) is 1.83. The average molecular weight is 258 g/mol. The van der Waals surface area contributed by atoms with Gasteiger partial charge in [0, 0.05) is 11.6 Å². The summed E-state index contributed by atoms with van der Waals surface area (Å²) in [5.41, 5.74) is 1.20. The van der Waals surface area contributed by atoms with Crippen LogP contribution in [-0.4, -0.2) is 16.5 Å². The van der Waals surface area contributed by atoms with Crippen molar-refractivity contribution in [3.8, 4) is 17.0 Å². The van der Waals surface area contributed by atoms with E-state index < -0.39 is 0 Å². The highest BCUT2D eigenvalue weighted by Gasteiger charge is 2.15.